The van der Waals surface area contributed by atoms with Gasteiger partial charge >= 0.3 is 11.1 Å². The summed E-state index contributed by atoms with van der Waals surface area (Å²) in [6.45, 7) is 1.68. The molecule has 1 aromatic carbocycles. The Morgan fingerprint density at radius 1 is 1.12 bits per heavy atom. The number of fused-ring (bicyclic) bond motifs is 3. The van der Waals surface area contributed by atoms with E-state index >= 15 is 0 Å². The third-order valence-electron chi connectivity index (χ3n) is 2.97. The van der Waals surface area contributed by atoms with Crippen molar-refractivity contribution in [3.05, 3.63) is 44.0 Å². The van der Waals surface area contributed by atoms with E-state index in [4.69, 9.17) is 0 Å². The predicted octanol–water partition coefficient (Wildman–Crippen LogP) is 0.162. The Labute approximate surface area is 90.7 Å². The first-order valence-electron chi connectivity index (χ1n) is 5.11. The number of aromatic nitrogens is 2. The molecule has 0 bridgehead atoms. The molecule has 0 saturated carbocycles. The average Bonchev–Trinajstić information content (AvgIpc) is 2.61. The summed E-state index contributed by atoms with van der Waals surface area (Å²) in [5, 5.41) is 0. The van der Waals surface area contributed by atoms with Gasteiger partial charge in [0.15, 0.2) is 0 Å². The summed E-state index contributed by atoms with van der Waals surface area (Å²) >= 11 is 0. The number of aromatic amines is 2. The molecule has 0 radical (unpaired) electrons. The summed E-state index contributed by atoms with van der Waals surface area (Å²) < 4.78 is 0. The highest BCUT2D eigenvalue weighted by molar-refractivity contribution is 5.79. The van der Waals surface area contributed by atoms with Gasteiger partial charge in [0.25, 0.3) is 0 Å². The molecule has 3 rings (SSSR count). The van der Waals surface area contributed by atoms with Crippen LogP contribution in [0.3, 0.4) is 0 Å². The summed E-state index contributed by atoms with van der Waals surface area (Å²) in [5.41, 5.74) is 2.57. The van der Waals surface area contributed by atoms with Gasteiger partial charge in [-0.05, 0) is 24.2 Å². The highest BCUT2D eigenvalue weighted by atomic mass is 16.2. The second kappa shape index (κ2) is 3.05. The van der Waals surface area contributed by atoms with Crippen molar-refractivity contribution < 1.29 is 0 Å². The fourth-order valence-corrected chi connectivity index (χ4v) is 2.23. The summed E-state index contributed by atoms with van der Waals surface area (Å²) in [5.74, 6) is 0. The van der Waals surface area contributed by atoms with E-state index in [-0.39, 0.29) is 0 Å². The minimum atomic E-state index is -0.598. The Morgan fingerprint density at radius 2 is 1.88 bits per heavy atom. The fraction of sp³-hybridized carbons (Fsp3) is 0.273. The number of nitrogens with one attached hydrogen (secondary N) is 2. The lowest BCUT2D eigenvalue weighted by atomic mass is 10.1. The van der Waals surface area contributed by atoms with Crippen molar-refractivity contribution in [3.8, 4) is 0 Å². The quantitative estimate of drug-likeness (QED) is 0.618. The molecule has 0 fully saturated rings. The van der Waals surface area contributed by atoms with Gasteiger partial charge in [0.2, 0.25) is 0 Å². The molecule has 0 spiro atoms. The zero-order valence-corrected chi connectivity index (χ0v) is 8.83. The Hall–Kier alpha value is -1.88. The van der Waals surface area contributed by atoms with Crippen molar-refractivity contribution >= 4 is 11.0 Å². The molecular formula is C11H11N3O2. The van der Waals surface area contributed by atoms with Crippen molar-refractivity contribution in [1.82, 2.24) is 14.9 Å². The van der Waals surface area contributed by atoms with Gasteiger partial charge in [0, 0.05) is 13.1 Å². The molecule has 82 valence electrons. The van der Waals surface area contributed by atoms with Crippen LogP contribution in [0.1, 0.15) is 11.1 Å². The highest BCUT2D eigenvalue weighted by Gasteiger charge is 2.18. The van der Waals surface area contributed by atoms with Crippen molar-refractivity contribution in [2.24, 2.45) is 0 Å². The molecule has 1 aliphatic rings. The smallest absolute Gasteiger partial charge is 0.314 e. The standard InChI is InChI=1S/C11H11N3O2/c1-14-4-6-2-3-8-9(7(6)5-14)13-11(16)10(15)12-8/h2-3H,4-5H2,1H3,(H,12,15)(H,13,16). The summed E-state index contributed by atoms with van der Waals surface area (Å²) in [4.78, 5) is 29.9. The first-order chi connectivity index (χ1) is 7.65. The molecule has 16 heavy (non-hydrogen) atoms. The summed E-state index contributed by atoms with van der Waals surface area (Å²) in [6, 6.07) is 3.83. The number of benzene rings is 1. The van der Waals surface area contributed by atoms with Gasteiger partial charge < -0.3 is 9.97 Å². The van der Waals surface area contributed by atoms with E-state index in [2.05, 4.69) is 14.9 Å². The van der Waals surface area contributed by atoms with E-state index in [1.807, 2.05) is 19.2 Å². The van der Waals surface area contributed by atoms with E-state index in [9.17, 15) is 9.59 Å². The van der Waals surface area contributed by atoms with Crippen LogP contribution < -0.4 is 11.1 Å². The normalized spacial score (nSPS) is 15.6. The number of nitrogens with zero attached hydrogens (tertiary/aromatic N) is 1. The minimum absolute atomic E-state index is 0.588. The van der Waals surface area contributed by atoms with Crippen molar-refractivity contribution in [1.29, 1.82) is 0 Å². The van der Waals surface area contributed by atoms with E-state index < -0.39 is 11.1 Å². The molecule has 5 nitrogen and oxygen atoms in total. The summed E-state index contributed by atoms with van der Waals surface area (Å²) in [7, 11) is 2.02. The predicted molar refractivity (Wildman–Crippen MR) is 60.4 cm³/mol. The molecule has 0 unspecified atom stereocenters. The number of rotatable bonds is 0. The van der Waals surface area contributed by atoms with E-state index in [1.54, 1.807) is 0 Å². The van der Waals surface area contributed by atoms with Crippen LogP contribution in [0.25, 0.3) is 11.0 Å². The lowest BCUT2D eigenvalue weighted by Gasteiger charge is -2.04. The molecule has 0 saturated heterocycles. The monoisotopic (exact) mass is 217 g/mol. The number of hydrogen-bond donors (Lipinski definition) is 2. The molecule has 0 amide bonds. The molecule has 0 atom stereocenters. The zero-order chi connectivity index (χ0) is 11.3. The van der Waals surface area contributed by atoms with Crippen molar-refractivity contribution in [3.63, 3.8) is 0 Å². The van der Waals surface area contributed by atoms with Gasteiger partial charge in [-0.1, -0.05) is 6.07 Å². The third kappa shape index (κ3) is 1.22. The van der Waals surface area contributed by atoms with Crippen molar-refractivity contribution in [2.75, 3.05) is 7.05 Å². The maximum absolute atomic E-state index is 11.3. The maximum atomic E-state index is 11.3. The first kappa shape index (κ1) is 9.35. The second-order valence-electron chi connectivity index (χ2n) is 4.21. The van der Waals surface area contributed by atoms with E-state index in [1.165, 1.54) is 5.56 Å². The van der Waals surface area contributed by atoms with E-state index in [0.29, 0.717) is 5.52 Å². The third-order valence-corrected chi connectivity index (χ3v) is 2.97. The van der Waals surface area contributed by atoms with Gasteiger partial charge in [0.1, 0.15) is 0 Å². The maximum Gasteiger partial charge on any atom is 0.314 e. The van der Waals surface area contributed by atoms with Crippen LogP contribution in [0.5, 0.6) is 0 Å². The van der Waals surface area contributed by atoms with Crippen LogP contribution in [0, 0.1) is 0 Å². The number of hydrogen-bond acceptors (Lipinski definition) is 3. The van der Waals surface area contributed by atoms with Gasteiger partial charge in [-0.25, -0.2) is 0 Å². The molecular weight excluding hydrogens is 206 g/mol. The largest absolute Gasteiger partial charge is 0.316 e. The van der Waals surface area contributed by atoms with Gasteiger partial charge in [-0.15, -0.1) is 0 Å². The van der Waals surface area contributed by atoms with Crippen LogP contribution in [0.2, 0.25) is 0 Å². The van der Waals surface area contributed by atoms with Crippen LogP contribution in [-0.4, -0.2) is 21.9 Å². The SMILES string of the molecule is CN1Cc2ccc3[nH]c(=O)c(=O)[nH]c3c2C1. The van der Waals surface area contributed by atoms with Gasteiger partial charge in [-0.3, -0.25) is 14.5 Å². The van der Waals surface area contributed by atoms with Crippen LogP contribution in [-0.2, 0) is 13.1 Å². The minimum Gasteiger partial charge on any atom is -0.316 e. The van der Waals surface area contributed by atoms with Crippen molar-refractivity contribution in [2.45, 2.75) is 13.1 Å². The molecule has 1 aromatic heterocycles. The van der Waals surface area contributed by atoms with Gasteiger partial charge in [-0.2, -0.15) is 0 Å². The Balaban J connectivity index is 2.42. The lowest BCUT2D eigenvalue weighted by molar-refractivity contribution is 0.353. The number of H-pyrrole nitrogens is 2. The molecule has 0 aliphatic carbocycles. The topological polar surface area (TPSA) is 69.0 Å². The van der Waals surface area contributed by atoms with Crippen LogP contribution in [0.15, 0.2) is 21.7 Å². The molecule has 2 aromatic rings. The highest BCUT2D eigenvalue weighted by Crippen LogP contribution is 2.26. The Bertz CT molecular complexity index is 684. The van der Waals surface area contributed by atoms with Crippen LogP contribution >= 0.6 is 0 Å². The average molecular weight is 217 g/mol. The zero-order valence-electron chi connectivity index (χ0n) is 8.83. The molecule has 1 aliphatic heterocycles. The van der Waals surface area contributed by atoms with Crippen LogP contribution in [0.4, 0.5) is 0 Å². The summed E-state index contributed by atoms with van der Waals surface area (Å²) in [6.07, 6.45) is 0. The molecule has 2 heterocycles. The Kier molecular flexibility index (Phi) is 1.79. The fourth-order valence-electron chi connectivity index (χ4n) is 2.23. The second-order valence-corrected chi connectivity index (χ2v) is 4.21. The van der Waals surface area contributed by atoms with Gasteiger partial charge in [0.05, 0.1) is 11.0 Å². The molecule has 5 heteroatoms. The molecule has 2 N–H and O–H groups in total. The Morgan fingerprint density at radius 3 is 2.69 bits per heavy atom. The first-order valence-corrected chi connectivity index (χ1v) is 5.11. The van der Waals surface area contributed by atoms with E-state index in [0.717, 1.165) is 24.2 Å². The lowest BCUT2D eigenvalue weighted by Crippen LogP contribution is -2.29.